The molecule has 0 saturated carbocycles. The molecule has 22 heavy (non-hydrogen) atoms. The molecule has 0 rings (SSSR count). The number of phosphoric acid groups is 1. The van der Waals surface area contributed by atoms with Crippen molar-refractivity contribution >= 4 is 7.82 Å². The standard InChI is InChI=1S/C8H19N.C4H7F4O4P/c1-5-7(3)9-8(4)6-2;5-3(6)1-11-13(9,10)12-2-4(7)8/h7-9H,5-6H2,1-4H3;3-4H,1-2H2,(H,9,10). The van der Waals surface area contributed by atoms with E-state index in [1.807, 2.05) is 0 Å². The topological polar surface area (TPSA) is 67.8 Å². The second kappa shape index (κ2) is 13.2. The van der Waals surface area contributed by atoms with Gasteiger partial charge in [-0.25, -0.2) is 22.1 Å². The lowest BCUT2D eigenvalue weighted by Gasteiger charge is -2.16. The van der Waals surface area contributed by atoms with E-state index in [-0.39, 0.29) is 0 Å². The number of hydrogen-bond donors (Lipinski definition) is 2. The summed E-state index contributed by atoms with van der Waals surface area (Å²) in [5, 5.41) is 3.48. The van der Waals surface area contributed by atoms with E-state index < -0.39 is 33.9 Å². The molecule has 10 heteroatoms. The van der Waals surface area contributed by atoms with Crippen molar-refractivity contribution in [2.75, 3.05) is 13.2 Å². The SMILES string of the molecule is CCC(C)NC(C)CC.O=P(O)(OCC(F)F)OCC(F)F. The highest BCUT2D eigenvalue weighted by atomic mass is 31.2. The first kappa shape index (κ1) is 24.0. The summed E-state index contributed by atoms with van der Waals surface area (Å²) in [6, 6.07) is 1.36. The Kier molecular flexibility index (Phi) is 14.5. The second-order valence-electron chi connectivity index (χ2n) is 4.63. The van der Waals surface area contributed by atoms with Crippen molar-refractivity contribution in [3.05, 3.63) is 0 Å². The summed E-state index contributed by atoms with van der Waals surface area (Å²) in [5.41, 5.74) is 0. The maximum absolute atomic E-state index is 11.4. The minimum Gasteiger partial charge on any atom is -0.312 e. The molecule has 0 aliphatic carbocycles. The summed E-state index contributed by atoms with van der Waals surface area (Å²) in [5.74, 6) is 0. The maximum Gasteiger partial charge on any atom is 0.472 e. The third-order valence-electron chi connectivity index (χ3n) is 2.52. The van der Waals surface area contributed by atoms with Crippen LogP contribution in [0.3, 0.4) is 0 Å². The average Bonchev–Trinajstić information content (AvgIpc) is 2.43. The van der Waals surface area contributed by atoms with Crippen molar-refractivity contribution in [1.29, 1.82) is 0 Å². The van der Waals surface area contributed by atoms with E-state index in [1.165, 1.54) is 12.8 Å². The Morgan fingerprint density at radius 1 is 0.955 bits per heavy atom. The second-order valence-corrected chi connectivity index (χ2v) is 6.08. The molecule has 0 aliphatic heterocycles. The molecule has 0 bridgehead atoms. The van der Waals surface area contributed by atoms with Gasteiger partial charge in [-0.3, -0.25) is 9.05 Å². The van der Waals surface area contributed by atoms with Crippen LogP contribution in [0.1, 0.15) is 40.5 Å². The van der Waals surface area contributed by atoms with E-state index in [0.29, 0.717) is 12.1 Å². The van der Waals surface area contributed by atoms with Gasteiger partial charge in [0.2, 0.25) is 0 Å². The van der Waals surface area contributed by atoms with Gasteiger partial charge in [-0.2, -0.15) is 0 Å². The quantitative estimate of drug-likeness (QED) is 0.461. The molecule has 5 nitrogen and oxygen atoms in total. The Labute approximate surface area is 129 Å². The van der Waals surface area contributed by atoms with Crippen LogP contribution in [0.25, 0.3) is 0 Å². The molecule has 0 aromatic heterocycles. The fourth-order valence-corrected chi connectivity index (χ4v) is 1.74. The normalized spacial score (nSPS) is 14.7. The molecule has 0 aromatic rings. The van der Waals surface area contributed by atoms with Crippen LogP contribution in [-0.4, -0.2) is 43.0 Å². The molecule has 0 aromatic carbocycles. The fourth-order valence-electron chi connectivity index (χ4n) is 1.06. The lowest BCUT2D eigenvalue weighted by Crippen LogP contribution is -2.33. The molecule has 0 heterocycles. The zero-order chi connectivity index (χ0) is 17.8. The molecule has 2 atom stereocenters. The number of halogens is 4. The van der Waals surface area contributed by atoms with Crippen LogP contribution in [0.4, 0.5) is 17.6 Å². The zero-order valence-electron chi connectivity index (χ0n) is 13.3. The Morgan fingerprint density at radius 3 is 1.50 bits per heavy atom. The van der Waals surface area contributed by atoms with Crippen LogP contribution in [0.2, 0.25) is 0 Å². The molecular formula is C12H26F4NO4P. The summed E-state index contributed by atoms with van der Waals surface area (Å²) in [7, 11) is -4.76. The highest BCUT2D eigenvalue weighted by molar-refractivity contribution is 7.47. The van der Waals surface area contributed by atoms with Crippen LogP contribution < -0.4 is 5.32 Å². The summed E-state index contributed by atoms with van der Waals surface area (Å²) < 4.78 is 63.4. The molecule has 2 N–H and O–H groups in total. The van der Waals surface area contributed by atoms with Crippen LogP contribution >= 0.6 is 7.82 Å². The van der Waals surface area contributed by atoms with Gasteiger partial charge in [-0.15, -0.1) is 0 Å². The Hall–Kier alpha value is -0.210. The molecule has 0 saturated heterocycles. The average molecular weight is 355 g/mol. The van der Waals surface area contributed by atoms with Crippen molar-refractivity contribution in [2.24, 2.45) is 0 Å². The van der Waals surface area contributed by atoms with E-state index >= 15 is 0 Å². The van der Waals surface area contributed by atoms with Gasteiger partial charge in [0.25, 0.3) is 12.9 Å². The van der Waals surface area contributed by atoms with Crippen molar-refractivity contribution < 1.29 is 36.1 Å². The summed E-state index contributed by atoms with van der Waals surface area (Å²) in [6.45, 7) is 6.20. The van der Waals surface area contributed by atoms with E-state index in [0.717, 1.165) is 0 Å². The predicted molar refractivity (Wildman–Crippen MR) is 76.4 cm³/mol. The Balaban J connectivity index is 0. The first-order valence-electron chi connectivity index (χ1n) is 6.98. The van der Waals surface area contributed by atoms with E-state index in [1.54, 1.807) is 0 Å². The van der Waals surface area contributed by atoms with Gasteiger partial charge in [0.15, 0.2) is 0 Å². The lowest BCUT2D eigenvalue weighted by molar-refractivity contribution is 0.0292. The minimum atomic E-state index is -4.76. The number of hydrogen-bond acceptors (Lipinski definition) is 4. The molecule has 136 valence electrons. The van der Waals surface area contributed by atoms with Crippen LogP contribution in [0, 0.1) is 0 Å². The number of phosphoric ester groups is 1. The lowest BCUT2D eigenvalue weighted by atomic mass is 10.2. The molecule has 0 amide bonds. The van der Waals surface area contributed by atoms with Gasteiger partial charge in [0.1, 0.15) is 13.2 Å². The van der Waals surface area contributed by atoms with Gasteiger partial charge in [-0.05, 0) is 26.7 Å². The van der Waals surface area contributed by atoms with E-state index in [9.17, 15) is 22.1 Å². The Morgan fingerprint density at radius 2 is 1.27 bits per heavy atom. The highest BCUT2D eigenvalue weighted by Crippen LogP contribution is 2.43. The summed E-state index contributed by atoms with van der Waals surface area (Å²) in [4.78, 5) is 8.46. The zero-order valence-corrected chi connectivity index (χ0v) is 14.2. The van der Waals surface area contributed by atoms with Crippen molar-refractivity contribution in [3.63, 3.8) is 0 Å². The Bertz CT molecular complexity index is 287. The summed E-state index contributed by atoms with van der Waals surface area (Å²) in [6.07, 6.45) is -3.47. The number of nitrogens with one attached hydrogen (secondary N) is 1. The monoisotopic (exact) mass is 355 g/mol. The first-order valence-corrected chi connectivity index (χ1v) is 8.47. The number of rotatable bonds is 10. The third-order valence-corrected chi connectivity index (χ3v) is 3.47. The van der Waals surface area contributed by atoms with Gasteiger partial charge < -0.3 is 10.2 Å². The molecular weight excluding hydrogens is 329 g/mol. The van der Waals surface area contributed by atoms with Gasteiger partial charge in [0.05, 0.1) is 0 Å². The van der Waals surface area contributed by atoms with Crippen LogP contribution in [0.5, 0.6) is 0 Å². The van der Waals surface area contributed by atoms with E-state index in [2.05, 4.69) is 42.1 Å². The van der Waals surface area contributed by atoms with Crippen LogP contribution in [0.15, 0.2) is 0 Å². The molecule has 0 aliphatic rings. The molecule has 0 spiro atoms. The molecule has 0 fully saturated rings. The predicted octanol–water partition coefficient (Wildman–Crippen LogP) is 3.82. The molecule has 0 radical (unpaired) electrons. The van der Waals surface area contributed by atoms with Crippen molar-refractivity contribution in [2.45, 2.75) is 65.5 Å². The smallest absolute Gasteiger partial charge is 0.312 e. The van der Waals surface area contributed by atoms with Crippen LogP contribution in [-0.2, 0) is 13.6 Å². The number of alkyl halides is 4. The minimum absolute atomic E-state index is 0.681. The largest absolute Gasteiger partial charge is 0.472 e. The highest BCUT2D eigenvalue weighted by Gasteiger charge is 2.24. The molecule has 2 unspecified atom stereocenters. The van der Waals surface area contributed by atoms with E-state index in [4.69, 9.17) is 4.89 Å². The third kappa shape index (κ3) is 17.8. The fraction of sp³-hybridized carbons (Fsp3) is 1.00. The van der Waals surface area contributed by atoms with Gasteiger partial charge in [-0.1, -0.05) is 13.8 Å². The van der Waals surface area contributed by atoms with Crippen molar-refractivity contribution in [1.82, 2.24) is 5.32 Å². The first-order chi connectivity index (χ1) is 10.0. The van der Waals surface area contributed by atoms with Gasteiger partial charge in [0, 0.05) is 12.1 Å². The summed E-state index contributed by atoms with van der Waals surface area (Å²) >= 11 is 0. The van der Waals surface area contributed by atoms with Gasteiger partial charge >= 0.3 is 7.82 Å². The maximum atomic E-state index is 11.4. The van der Waals surface area contributed by atoms with Crippen molar-refractivity contribution in [3.8, 4) is 0 Å².